The van der Waals surface area contributed by atoms with Gasteiger partial charge in [-0.2, -0.15) is 0 Å². The third-order valence-electron chi connectivity index (χ3n) is 5.29. The molecule has 174 valence electrons. The number of hydrogen-bond acceptors (Lipinski definition) is 5. The zero-order chi connectivity index (χ0) is 24.7. The first-order valence-electron chi connectivity index (χ1n) is 9.72. The second-order valence-electron chi connectivity index (χ2n) is 7.34. The molecule has 1 aliphatic heterocycles. The summed E-state index contributed by atoms with van der Waals surface area (Å²) in [7, 11) is 1.35. The Hall–Kier alpha value is -3.62. The van der Waals surface area contributed by atoms with Crippen LogP contribution in [-0.2, 0) is 9.59 Å². The molecule has 2 N–H and O–H groups in total. The molecule has 0 spiro atoms. The van der Waals surface area contributed by atoms with Crippen molar-refractivity contribution in [1.82, 2.24) is 0 Å². The van der Waals surface area contributed by atoms with Crippen LogP contribution in [0, 0.1) is 11.6 Å². The number of aliphatic hydroxyl groups excluding tert-OH is 1. The van der Waals surface area contributed by atoms with Crippen molar-refractivity contribution >= 4 is 46.3 Å². The van der Waals surface area contributed by atoms with Crippen LogP contribution >= 0.6 is 23.2 Å². The fraction of sp³-hybridized carbons (Fsp3) is 0.0833. The lowest BCUT2D eigenvalue weighted by Crippen LogP contribution is -2.29. The number of ether oxygens (including phenoxy) is 1. The highest BCUT2D eigenvalue weighted by Crippen LogP contribution is 2.44. The SMILES string of the molecule is COc1c(Cl)cc(/C(O)=C2\C(=O)C(=O)N(c3ccc(F)c(F)c3)C2c2cccc(O)c2)cc1Cl. The number of hydrogen-bond donors (Lipinski definition) is 2. The maximum atomic E-state index is 14.0. The first kappa shape index (κ1) is 23.5. The number of nitrogens with zero attached hydrogens (tertiary/aromatic N) is 1. The van der Waals surface area contributed by atoms with Crippen molar-refractivity contribution in [1.29, 1.82) is 0 Å². The first-order chi connectivity index (χ1) is 16.1. The van der Waals surface area contributed by atoms with Crippen LogP contribution in [0.2, 0.25) is 10.0 Å². The lowest BCUT2D eigenvalue weighted by Gasteiger charge is -2.25. The summed E-state index contributed by atoms with van der Waals surface area (Å²) in [5.41, 5.74) is -0.239. The standard InChI is InChI=1S/C24H15Cl2F2NO5/c1-34-23-15(25)8-12(9-16(23)26)21(31)19-20(11-3-2-4-14(30)7-11)29(24(33)22(19)32)13-5-6-17(27)18(28)10-13/h2-10,20,30-31H,1H3/b21-19+. The molecule has 34 heavy (non-hydrogen) atoms. The second kappa shape index (κ2) is 8.96. The number of Topliss-reactive ketones (excluding diaryl/α,β-unsaturated/α-hetero) is 1. The van der Waals surface area contributed by atoms with E-state index in [0.29, 0.717) is 0 Å². The van der Waals surface area contributed by atoms with E-state index in [1.807, 2.05) is 0 Å². The number of amides is 1. The third-order valence-corrected chi connectivity index (χ3v) is 5.85. The lowest BCUT2D eigenvalue weighted by molar-refractivity contribution is -0.132. The van der Waals surface area contributed by atoms with Crippen molar-refractivity contribution in [3.05, 3.63) is 93.0 Å². The van der Waals surface area contributed by atoms with Gasteiger partial charge < -0.3 is 14.9 Å². The van der Waals surface area contributed by atoms with E-state index in [-0.39, 0.29) is 43.9 Å². The van der Waals surface area contributed by atoms with Crippen molar-refractivity contribution < 1.29 is 33.3 Å². The molecular formula is C24H15Cl2F2NO5. The van der Waals surface area contributed by atoms with Crippen molar-refractivity contribution in [2.75, 3.05) is 12.0 Å². The fourth-order valence-corrected chi connectivity index (χ4v) is 4.43. The Labute approximate surface area is 202 Å². The van der Waals surface area contributed by atoms with Gasteiger partial charge in [0.15, 0.2) is 17.4 Å². The molecule has 1 aliphatic rings. The van der Waals surface area contributed by atoms with Gasteiger partial charge in [-0.25, -0.2) is 8.78 Å². The van der Waals surface area contributed by atoms with E-state index in [4.69, 9.17) is 27.9 Å². The summed E-state index contributed by atoms with van der Waals surface area (Å²) in [6, 6.07) is 9.64. The van der Waals surface area contributed by atoms with E-state index in [2.05, 4.69) is 0 Å². The van der Waals surface area contributed by atoms with Gasteiger partial charge in [-0.15, -0.1) is 0 Å². The summed E-state index contributed by atoms with van der Waals surface area (Å²) >= 11 is 12.3. The molecule has 0 bridgehead atoms. The quantitative estimate of drug-likeness (QED) is 0.273. The summed E-state index contributed by atoms with van der Waals surface area (Å²) in [5, 5.41) is 21.2. The molecule has 1 amide bonds. The Bertz CT molecular complexity index is 1350. The van der Waals surface area contributed by atoms with Crippen molar-refractivity contribution in [2.45, 2.75) is 6.04 Å². The minimum absolute atomic E-state index is 0.0178. The number of halogens is 4. The third kappa shape index (κ3) is 3.95. The Balaban J connectivity index is 1.98. The van der Waals surface area contributed by atoms with E-state index in [1.165, 1.54) is 43.5 Å². The van der Waals surface area contributed by atoms with Gasteiger partial charge in [0, 0.05) is 17.3 Å². The number of phenols is 1. The summed E-state index contributed by atoms with van der Waals surface area (Å²) in [6.45, 7) is 0. The van der Waals surface area contributed by atoms with Crippen LogP contribution in [0.3, 0.4) is 0 Å². The molecule has 10 heteroatoms. The number of phenolic OH excluding ortho intramolecular Hbond substituents is 1. The number of ketones is 1. The minimum atomic E-state index is -1.28. The molecule has 0 aliphatic carbocycles. The van der Waals surface area contributed by atoms with Crippen LogP contribution in [0.15, 0.2) is 60.2 Å². The van der Waals surface area contributed by atoms with Crippen LogP contribution < -0.4 is 9.64 Å². The van der Waals surface area contributed by atoms with Crippen molar-refractivity contribution in [3.8, 4) is 11.5 Å². The van der Waals surface area contributed by atoms with E-state index < -0.39 is 35.1 Å². The van der Waals surface area contributed by atoms with Crippen molar-refractivity contribution in [3.63, 3.8) is 0 Å². The van der Waals surface area contributed by atoms with E-state index >= 15 is 0 Å². The first-order valence-corrected chi connectivity index (χ1v) is 10.5. The second-order valence-corrected chi connectivity index (χ2v) is 8.15. The fourth-order valence-electron chi connectivity index (χ4n) is 3.79. The van der Waals surface area contributed by atoms with E-state index in [0.717, 1.165) is 23.1 Å². The molecule has 1 fully saturated rings. The van der Waals surface area contributed by atoms with Crippen LogP contribution in [0.5, 0.6) is 11.5 Å². The maximum Gasteiger partial charge on any atom is 0.300 e. The summed E-state index contributed by atoms with van der Waals surface area (Å²) < 4.78 is 32.6. The van der Waals surface area contributed by atoms with Gasteiger partial charge in [-0.1, -0.05) is 35.3 Å². The van der Waals surface area contributed by atoms with Crippen LogP contribution in [0.4, 0.5) is 14.5 Å². The highest BCUT2D eigenvalue weighted by molar-refractivity contribution is 6.51. The predicted octanol–water partition coefficient (Wildman–Crippen LogP) is 5.61. The molecule has 1 atom stereocenters. The molecule has 1 unspecified atom stereocenters. The number of benzene rings is 3. The van der Waals surface area contributed by atoms with E-state index in [9.17, 15) is 28.6 Å². The highest BCUT2D eigenvalue weighted by atomic mass is 35.5. The van der Waals surface area contributed by atoms with Gasteiger partial charge in [0.2, 0.25) is 0 Å². The molecule has 0 saturated carbocycles. The normalized spacial score (nSPS) is 17.3. The van der Waals surface area contributed by atoms with Crippen LogP contribution in [-0.4, -0.2) is 29.0 Å². The Kier molecular flexibility index (Phi) is 6.20. The minimum Gasteiger partial charge on any atom is -0.508 e. The van der Waals surface area contributed by atoms with E-state index in [1.54, 1.807) is 0 Å². The average molecular weight is 506 g/mol. The van der Waals surface area contributed by atoms with Gasteiger partial charge in [0.1, 0.15) is 11.5 Å². The number of aliphatic hydroxyl groups is 1. The summed E-state index contributed by atoms with van der Waals surface area (Å²) in [5.74, 6) is -5.19. The monoisotopic (exact) mass is 505 g/mol. The number of rotatable bonds is 4. The predicted molar refractivity (Wildman–Crippen MR) is 122 cm³/mol. The number of methoxy groups -OCH3 is 1. The topological polar surface area (TPSA) is 87.1 Å². The number of anilines is 1. The van der Waals surface area contributed by atoms with Gasteiger partial charge in [-0.3, -0.25) is 14.5 Å². The number of aromatic hydroxyl groups is 1. The molecular weight excluding hydrogens is 491 g/mol. The molecule has 1 saturated heterocycles. The molecule has 1 heterocycles. The largest absolute Gasteiger partial charge is 0.508 e. The molecule has 3 aromatic carbocycles. The van der Waals surface area contributed by atoms with Gasteiger partial charge >= 0.3 is 0 Å². The maximum absolute atomic E-state index is 14.0. The Morgan fingerprint density at radius 3 is 2.26 bits per heavy atom. The van der Waals surface area contributed by atoms with Gasteiger partial charge in [-0.05, 0) is 42.0 Å². The zero-order valence-corrected chi connectivity index (χ0v) is 18.9. The Morgan fingerprint density at radius 1 is 1.00 bits per heavy atom. The molecule has 0 radical (unpaired) electrons. The summed E-state index contributed by atoms with van der Waals surface area (Å²) in [6.07, 6.45) is 0. The highest BCUT2D eigenvalue weighted by Gasteiger charge is 2.47. The molecule has 3 aromatic rings. The van der Waals surface area contributed by atoms with Crippen molar-refractivity contribution in [2.24, 2.45) is 0 Å². The van der Waals surface area contributed by atoms with Gasteiger partial charge in [0.05, 0.1) is 28.8 Å². The number of carbonyl (C=O) groups is 2. The van der Waals surface area contributed by atoms with Gasteiger partial charge in [0.25, 0.3) is 11.7 Å². The lowest BCUT2D eigenvalue weighted by atomic mass is 9.95. The Morgan fingerprint density at radius 2 is 1.68 bits per heavy atom. The average Bonchev–Trinajstić information content (AvgIpc) is 3.05. The zero-order valence-electron chi connectivity index (χ0n) is 17.4. The molecule has 0 aromatic heterocycles. The number of carbonyl (C=O) groups excluding carboxylic acids is 2. The molecule has 6 nitrogen and oxygen atoms in total. The smallest absolute Gasteiger partial charge is 0.300 e. The van der Waals surface area contributed by atoms with Crippen LogP contribution in [0.1, 0.15) is 17.2 Å². The summed E-state index contributed by atoms with van der Waals surface area (Å²) in [4.78, 5) is 27.0. The molecule has 4 rings (SSSR count). The van der Waals surface area contributed by atoms with Crippen LogP contribution in [0.25, 0.3) is 5.76 Å².